The van der Waals surface area contributed by atoms with Gasteiger partial charge in [-0.15, -0.1) is 0 Å². The first kappa shape index (κ1) is 20.6. The Balaban J connectivity index is 1.96. The molecule has 1 aromatic heterocycles. The molecule has 0 aliphatic heterocycles. The van der Waals surface area contributed by atoms with E-state index in [0.29, 0.717) is 41.4 Å². The fourth-order valence-corrected chi connectivity index (χ4v) is 2.79. The van der Waals surface area contributed by atoms with Crippen molar-refractivity contribution in [3.05, 3.63) is 58.0 Å². The number of furan rings is 1. The van der Waals surface area contributed by atoms with Crippen molar-refractivity contribution >= 4 is 46.5 Å². The summed E-state index contributed by atoms with van der Waals surface area (Å²) in [7, 11) is 0. The number of nitrogens with zero attached hydrogens (tertiary/aromatic N) is 1. The van der Waals surface area contributed by atoms with Crippen LogP contribution in [0.5, 0.6) is 0 Å². The molecule has 0 aliphatic rings. The first-order chi connectivity index (χ1) is 12.5. The third kappa shape index (κ3) is 6.52. The van der Waals surface area contributed by atoms with Crippen LogP contribution in [-0.2, 0) is 22.6 Å². The summed E-state index contributed by atoms with van der Waals surface area (Å²) in [4.78, 5) is 13.5. The van der Waals surface area contributed by atoms with Crippen LogP contribution in [-0.4, -0.2) is 29.1 Å². The summed E-state index contributed by atoms with van der Waals surface area (Å²) >= 11 is 17.4. The molecule has 1 N–H and O–H groups in total. The molecule has 2 rings (SSSR count). The normalized spacial score (nSPS) is 10.4. The Kier molecular flexibility index (Phi) is 8.22. The van der Waals surface area contributed by atoms with Crippen LogP contribution >= 0.6 is 35.4 Å². The molecule has 0 aliphatic carbocycles. The van der Waals surface area contributed by atoms with Gasteiger partial charge in [-0.1, -0.05) is 29.3 Å². The van der Waals surface area contributed by atoms with Gasteiger partial charge >= 0.3 is 5.97 Å². The topological polar surface area (TPSA) is 54.7 Å². The number of ether oxygens (including phenoxy) is 1. The Bertz CT molecular complexity index is 738. The van der Waals surface area contributed by atoms with Gasteiger partial charge in [-0.2, -0.15) is 0 Å². The zero-order chi connectivity index (χ0) is 18.9. The summed E-state index contributed by atoms with van der Waals surface area (Å²) in [5.74, 6) is 0.497. The number of hydrogen-bond acceptors (Lipinski definition) is 4. The van der Waals surface area contributed by atoms with Crippen molar-refractivity contribution in [2.75, 3.05) is 13.2 Å². The van der Waals surface area contributed by atoms with E-state index in [1.54, 1.807) is 25.3 Å². The molecule has 5 nitrogen and oxygen atoms in total. The second-order valence-corrected chi connectivity index (χ2v) is 6.66. The maximum absolute atomic E-state index is 11.7. The van der Waals surface area contributed by atoms with E-state index in [4.69, 9.17) is 44.6 Å². The lowest BCUT2D eigenvalue weighted by molar-refractivity contribution is -0.143. The molecule has 0 saturated heterocycles. The highest BCUT2D eigenvalue weighted by Gasteiger charge is 2.14. The molecule has 0 amide bonds. The Morgan fingerprint density at radius 3 is 2.77 bits per heavy atom. The minimum atomic E-state index is -0.260. The number of benzene rings is 1. The second kappa shape index (κ2) is 10.4. The average Bonchev–Trinajstić information content (AvgIpc) is 3.12. The van der Waals surface area contributed by atoms with Crippen LogP contribution in [0, 0.1) is 0 Å². The maximum Gasteiger partial charge on any atom is 0.307 e. The highest BCUT2D eigenvalue weighted by molar-refractivity contribution is 7.80. The molecule has 0 spiro atoms. The Morgan fingerprint density at radius 1 is 1.31 bits per heavy atom. The lowest BCUT2D eigenvalue weighted by Crippen LogP contribution is -2.40. The van der Waals surface area contributed by atoms with Gasteiger partial charge in [0.15, 0.2) is 5.11 Å². The summed E-state index contributed by atoms with van der Waals surface area (Å²) < 4.78 is 10.4. The number of carbonyl (C=O) groups excluding carboxylic acids is 1. The highest BCUT2D eigenvalue weighted by atomic mass is 35.5. The maximum atomic E-state index is 11.7. The van der Waals surface area contributed by atoms with Gasteiger partial charge in [0, 0.05) is 13.1 Å². The zero-order valence-corrected chi connectivity index (χ0v) is 16.7. The largest absolute Gasteiger partial charge is 0.467 e. The van der Waals surface area contributed by atoms with E-state index < -0.39 is 0 Å². The molecule has 0 saturated carbocycles. The molecule has 0 fully saturated rings. The van der Waals surface area contributed by atoms with Gasteiger partial charge in [0.1, 0.15) is 5.76 Å². The Morgan fingerprint density at radius 2 is 2.12 bits per heavy atom. The molecular weight excluding hydrogens is 395 g/mol. The summed E-state index contributed by atoms with van der Waals surface area (Å²) in [6.45, 7) is 3.51. The molecule has 0 bridgehead atoms. The molecule has 0 radical (unpaired) electrons. The second-order valence-electron chi connectivity index (χ2n) is 5.46. The van der Waals surface area contributed by atoms with Gasteiger partial charge in [0.2, 0.25) is 0 Å². The minimum absolute atomic E-state index is 0.239. The molecule has 140 valence electrons. The average molecular weight is 415 g/mol. The highest BCUT2D eigenvalue weighted by Crippen LogP contribution is 2.22. The van der Waals surface area contributed by atoms with Crippen molar-refractivity contribution in [2.24, 2.45) is 0 Å². The zero-order valence-electron chi connectivity index (χ0n) is 14.3. The molecule has 26 heavy (non-hydrogen) atoms. The predicted molar refractivity (Wildman–Crippen MR) is 106 cm³/mol. The number of hydrogen-bond donors (Lipinski definition) is 1. The van der Waals surface area contributed by atoms with Crippen molar-refractivity contribution < 1.29 is 13.9 Å². The fraction of sp³-hybridized carbons (Fsp3) is 0.333. The van der Waals surface area contributed by atoms with Crippen molar-refractivity contribution in [1.82, 2.24) is 10.2 Å². The summed E-state index contributed by atoms with van der Waals surface area (Å²) in [6.07, 6.45) is 1.84. The number of esters is 1. The third-order valence-electron chi connectivity index (χ3n) is 3.53. The molecule has 0 atom stereocenters. The van der Waals surface area contributed by atoms with E-state index in [-0.39, 0.29) is 12.4 Å². The van der Waals surface area contributed by atoms with Crippen LogP contribution in [0.4, 0.5) is 0 Å². The van der Waals surface area contributed by atoms with Crippen molar-refractivity contribution in [1.29, 1.82) is 0 Å². The number of thiocarbonyl (C=S) groups is 1. The van der Waals surface area contributed by atoms with Gasteiger partial charge in [-0.25, -0.2) is 0 Å². The van der Waals surface area contributed by atoms with Gasteiger partial charge in [-0.05, 0) is 49.0 Å². The van der Waals surface area contributed by atoms with Gasteiger partial charge in [-0.3, -0.25) is 4.79 Å². The standard InChI is InChI=1S/C18H20Cl2N2O3S/c1-2-24-17(23)7-8-22(12-14-4-3-9-25-14)18(26)21-11-13-5-6-15(19)16(20)10-13/h3-6,9-10H,2,7-8,11-12H2,1H3,(H,21,26). The number of halogens is 2. The quantitative estimate of drug-likeness (QED) is 0.509. The van der Waals surface area contributed by atoms with Crippen molar-refractivity contribution in [2.45, 2.75) is 26.4 Å². The van der Waals surface area contributed by atoms with E-state index in [1.807, 2.05) is 23.1 Å². The number of rotatable bonds is 8. The first-order valence-corrected chi connectivity index (χ1v) is 9.30. The van der Waals surface area contributed by atoms with E-state index in [1.165, 1.54) is 0 Å². The first-order valence-electron chi connectivity index (χ1n) is 8.14. The molecule has 8 heteroatoms. The van der Waals surface area contributed by atoms with Crippen LogP contribution in [0.1, 0.15) is 24.7 Å². The summed E-state index contributed by atoms with van der Waals surface area (Å²) in [6, 6.07) is 9.07. The van der Waals surface area contributed by atoms with Crippen LogP contribution < -0.4 is 5.32 Å². The van der Waals surface area contributed by atoms with E-state index >= 15 is 0 Å². The van der Waals surface area contributed by atoms with E-state index in [0.717, 1.165) is 11.3 Å². The van der Waals surface area contributed by atoms with Crippen LogP contribution in [0.25, 0.3) is 0 Å². The number of nitrogens with one attached hydrogen (secondary N) is 1. The lowest BCUT2D eigenvalue weighted by Gasteiger charge is -2.24. The molecule has 1 aromatic carbocycles. The van der Waals surface area contributed by atoms with Crippen molar-refractivity contribution in [3.8, 4) is 0 Å². The van der Waals surface area contributed by atoms with Crippen LogP contribution in [0.2, 0.25) is 10.0 Å². The Labute approximate surface area is 168 Å². The summed E-state index contributed by atoms with van der Waals surface area (Å²) in [5.41, 5.74) is 0.949. The number of carbonyl (C=O) groups is 1. The van der Waals surface area contributed by atoms with Gasteiger partial charge in [0.05, 0.1) is 35.9 Å². The monoisotopic (exact) mass is 414 g/mol. The summed E-state index contributed by atoms with van der Waals surface area (Å²) in [5, 5.41) is 4.69. The Hall–Kier alpha value is -1.76. The smallest absolute Gasteiger partial charge is 0.307 e. The lowest BCUT2D eigenvalue weighted by atomic mass is 10.2. The minimum Gasteiger partial charge on any atom is -0.467 e. The molecular formula is C18H20Cl2N2O3S. The fourth-order valence-electron chi connectivity index (χ4n) is 2.24. The molecule has 0 unspecified atom stereocenters. The predicted octanol–water partition coefficient (Wildman–Crippen LogP) is 4.42. The van der Waals surface area contributed by atoms with Crippen LogP contribution in [0.3, 0.4) is 0 Å². The van der Waals surface area contributed by atoms with E-state index in [2.05, 4.69) is 5.32 Å². The van der Waals surface area contributed by atoms with E-state index in [9.17, 15) is 4.79 Å². The van der Waals surface area contributed by atoms with Crippen LogP contribution in [0.15, 0.2) is 41.0 Å². The van der Waals surface area contributed by atoms with Gasteiger partial charge in [0.25, 0.3) is 0 Å². The molecule has 2 aromatic rings. The van der Waals surface area contributed by atoms with Crippen molar-refractivity contribution in [3.63, 3.8) is 0 Å². The molecule has 1 heterocycles. The SMILES string of the molecule is CCOC(=O)CCN(Cc1ccco1)C(=S)NCc1ccc(Cl)c(Cl)c1. The van der Waals surface area contributed by atoms with Gasteiger partial charge < -0.3 is 19.4 Å². The third-order valence-corrected chi connectivity index (χ3v) is 4.67.